The third-order valence-corrected chi connectivity index (χ3v) is 5.22. The normalized spacial score (nSPS) is 27.6. The molecular formula is C15H22BrN3. The molecule has 2 aliphatic rings. The average Bonchev–Trinajstić information content (AvgIpc) is 2.80. The Morgan fingerprint density at radius 3 is 2.89 bits per heavy atom. The largest absolute Gasteiger partial charge is 0.398 e. The minimum Gasteiger partial charge on any atom is -0.398 e. The predicted molar refractivity (Wildman–Crippen MR) is 84.7 cm³/mol. The van der Waals surface area contributed by atoms with E-state index in [2.05, 4.69) is 45.6 Å². The lowest BCUT2D eigenvalue weighted by atomic mass is 10.1. The number of nitrogens with two attached hydrogens (primary N) is 1. The van der Waals surface area contributed by atoms with Crippen molar-refractivity contribution in [1.29, 1.82) is 0 Å². The number of aryl methyl sites for hydroxylation is 1. The Bertz CT molecular complexity index is 489. The van der Waals surface area contributed by atoms with Crippen molar-refractivity contribution in [2.45, 2.75) is 38.8 Å². The molecule has 4 heteroatoms. The number of nitrogens with zero attached hydrogens (tertiary/aromatic N) is 2. The van der Waals surface area contributed by atoms with Crippen LogP contribution in [0.4, 0.5) is 11.4 Å². The molecular weight excluding hydrogens is 302 g/mol. The molecule has 104 valence electrons. The standard InChI is InChI=1S/C15H22BrN3/c1-10-6-15(13(16)7-14(10)17)19-9-12-4-3-5-18(12)8-11(19)2/h6-7,11-12H,3-5,8-9,17H2,1-2H3. The molecule has 2 saturated heterocycles. The van der Waals surface area contributed by atoms with Crippen LogP contribution in [0.2, 0.25) is 0 Å². The molecule has 0 bridgehead atoms. The third kappa shape index (κ3) is 2.36. The number of fused-ring (bicyclic) bond motifs is 1. The van der Waals surface area contributed by atoms with Crippen molar-refractivity contribution in [2.75, 3.05) is 30.3 Å². The molecule has 0 radical (unpaired) electrons. The summed E-state index contributed by atoms with van der Waals surface area (Å²) in [6, 6.07) is 5.56. The molecule has 0 aromatic heterocycles. The summed E-state index contributed by atoms with van der Waals surface area (Å²) in [5.74, 6) is 0. The summed E-state index contributed by atoms with van der Waals surface area (Å²) in [6.45, 7) is 8.02. The van der Waals surface area contributed by atoms with Gasteiger partial charge in [-0.3, -0.25) is 4.90 Å². The van der Waals surface area contributed by atoms with Gasteiger partial charge in [0.2, 0.25) is 0 Å². The first-order chi connectivity index (χ1) is 9.06. The van der Waals surface area contributed by atoms with E-state index in [4.69, 9.17) is 5.73 Å². The van der Waals surface area contributed by atoms with Gasteiger partial charge in [-0.15, -0.1) is 0 Å². The van der Waals surface area contributed by atoms with E-state index in [1.807, 2.05) is 6.07 Å². The lowest BCUT2D eigenvalue weighted by molar-refractivity contribution is 0.203. The van der Waals surface area contributed by atoms with Gasteiger partial charge in [0.1, 0.15) is 0 Å². The molecule has 2 fully saturated rings. The van der Waals surface area contributed by atoms with Crippen molar-refractivity contribution in [3.8, 4) is 0 Å². The van der Waals surface area contributed by atoms with Gasteiger partial charge >= 0.3 is 0 Å². The molecule has 1 aromatic carbocycles. The molecule has 1 aromatic rings. The first-order valence-electron chi connectivity index (χ1n) is 7.12. The molecule has 2 unspecified atom stereocenters. The Hall–Kier alpha value is -0.740. The number of anilines is 2. The summed E-state index contributed by atoms with van der Waals surface area (Å²) in [6.07, 6.45) is 2.70. The van der Waals surface area contributed by atoms with Gasteiger partial charge in [0.05, 0.1) is 5.69 Å². The summed E-state index contributed by atoms with van der Waals surface area (Å²) in [5.41, 5.74) is 9.31. The van der Waals surface area contributed by atoms with Crippen LogP contribution in [0.1, 0.15) is 25.3 Å². The summed E-state index contributed by atoms with van der Waals surface area (Å²) < 4.78 is 1.12. The number of halogens is 1. The van der Waals surface area contributed by atoms with Gasteiger partial charge in [0, 0.05) is 35.3 Å². The van der Waals surface area contributed by atoms with E-state index >= 15 is 0 Å². The minimum absolute atomic E-state index is 0.564. The summed E-state index contributed by atoms with van der Waals surface area (Å²) in [4.78, 5) is 5.20. The molecule has 0 amide bonds. The number of piperazine rings is 1. The molecule has 3 rings (SSSR count). The molecule has 0 aliphatic carbocycles. The number of benzene rings is 1. The van der Waals surface area contributed by atoms with Crippen molar-refractivity contribution in [3.05, 3.63) is 22.2 Å². The van der Waals surface area contributed by atoms with E-state index in [1.54, 1.807) is 0 Å². The summed E-state index contributed by atoms with van der Waals surface area (Å²) in [7, 11) is 0. The fraction of sp³-hybridized carbons (Fsp3) is 0.600. The molecule has 2 atom stereocenters. The zero-order chi connectivity index (χ0) is 13.6. The van der Waals surface area contributed by atoms with Crippen LogP contribution in [0.3, 0.4) is 0 Å². The lowest BCUT2D eigenvalue weighted by Crippen LogP contribution is -2.55. The molecule has 2 heterocycles. The van der Waals surface area contributed by atoms with Crippen LogP contribution in [0.25, 0.3) is 0 Å². The number of hydrogen-bond donors (Lipinski definition) is 1. The summed E-state index contributed by atoms with van der Waals surface area (Å²) >= 11 is 3.68. The molecule has 2 N–H and O–H groups in total. The quantitative estimate of drug-likeness (QED) is 0.806. The molecule has 2 aliphatic heterocycles. The first kappa shape index (κ1) is 13.3. The Morgan fingerprint density at radius 1 is 1.32 bits per heavy atom. The second-order valence-corrected chi connectivity index (χ2v) is 6.81. The van der Waals surface area contributed by atoms with Gasteiger partial charge in [-0.05, 0) is 66.9 Å². The minimum atomic E-state index is 0.564. The van der Waals surface area contributed by atoms with Crippen LogP contribution in [0.5, 0.6) is 0 Å². The average molecular weight is 324 g/mol. The maximum absolute atomic E-state index is 5.98. The van der Waals surface area contributed by atoms with Crippen LogP contribution in [0, 0.1) is 6.92 Å². The van der Waals surface area contributed by atoms with Gasteiger partial charge in [-0.1, -0.05) is 0 Å². The Labute approximate surface area is 123 Å². The van der Waals surface area contributed by atoms with Gasteiger partial charge in [-0.25, -0.2) is 0 Å². The van der Waals surface area contributed by atoms with Gasteiger partial charge in [-0.2, -0.15) is 0 Å². The van der Waals surface area contributed by atoms with Crippen molar-refractivity contribution < 1.29 is 0 Å². The van der Waals surface area contributed by atoms with Gasteiger partial charge in [0.15, 0.2) is 0 Å². The van der Waals surface area contributed by atoms with E-state index in [0.29, 0.717) is 6.04 Å². The van der Waals surface area contributed by atoms with Gasteiger partial charge < -0.3 is 10.6 Å². The Balaban J connectivity index is 1.91. The number of hydrogen-bond acceptors (Lipinski definition) is 3. The van der Waals surface area contributed by atoms with Crippen LogP contribution < -0.4 is 10.6 Å². The summed E-state index contributed by atoms with van der Waals surface area (Å²) in [5, 5.41) is 0. The zero-order valence-electron chi connectivity index (χ0n) is 11.7. The maximum atomic E-state index is 5.98. The van der Waals surface area contributed by atoms with E-state index in [1.165, 1.54) is 37.2 Å². The molecule has 3 nitrogen and oxygen atoms in total. The van der Waals surface area contributed by atoms with Crippen LogP contribution in [-0.4, -0.2) is 36.6 Å². The lowest BCUT2D eigenvalue weighted by Gasteiger charge is -2.44. The van der Waals surface area contributed by atoms with Crippen molar-refractivity contribution in [2.24, 2.45) is 0 Å². The highest BCUT2D eigenvalue weighted by Gasteiger charge is 2.35. The van der Waals surface area contributed by atoms with Crippen molar-refractivity contribution >= 4 is 27.3 Å². The predicted octanol–water partition coefficient (Wildman–Crippen LogP) is 3.01. The smallest absolute Gasteiger partial charge is 0.0518 e. The van der Waals surface area contributed by atoms with Crippen LogP contribution in [0.15, 0.2) is 16.6 Å². The van der Waals surface area contributed by atoms with Crippen molar-refractivity contribution in [3.63, 3.8) is 0 Å². The molecule has 0 spiro atoms. The van der Waals surface area contributed by atoms with Gasteiger partial charge in [0.25, 0.3) is 0 Å². The fourth-order valence-corrected chi connectivity index (χ4v) is 4.01. The highest BCUT2D eigenvalue weighted by Crippen LogP contribution is 2.35. The third-order valence-electron chi connectivity index (χ3n) is 4.58. The van der Waals surface area contributed by atoms with Crippen LogP contribution >= 0.6 is 15.9 Å². The first-order valence-corrected chi connectivity index (χ1v) is 7.92. The second kappa shape index (κ2) is 4.98. The SMILES string of the molecule is Cc1cc(N2CC3CCCN3CC2C)c(Br)cc1N. The number of rotatable bonds is 1. The van der Waals surface area contributed by atoms with E-state index < -0.39 is 0 Å². The molecule has 0 saturated carbocycles. The second-order valence-electron chi connectivity index (χ2n) is 5.95. The van der Waals surface area contributed by atoms with E-state index in [-0.39, 0.29) is 0 Å². The number of nitrogen functional groups attached to an aromatic ring is 1. The zero-order valence-corrected chi connectivity index (χ0v) is 13.3. The highest BCUT2D eigenvalue weighted by molar-refractivity contribution is 9.10. The fourth-order valence-electron chi connectivity index (χ4n) is 3.42. The van der Waals surface area contributed by atoms with E-state index in [9.17, 15) is 0 Å². The Kier molecular flexibility index (Phi) is 3.48. The van der Waals surface area contributed by atoms with Crippen LogP contribution in [-0.2, 0) is 0 Å². The highest BCUT2D eigenvalue weighted by atomic mass is 79.9. The van der Waals surface area contributed by atoms with Crippen molar-refractivity contribution in [1.82, 2.24) is 4.90 Å². The molecule has 19 heavy (non-hydrogen) atoms. The maximum Gasteiger partial charge on any atom is 0.0518 e. The topological polar surface area (TPSA) is 32.5 Å². The monoisotopic (exact) mass is 323 g/mol. The van der Waals surface area contributed by atoms with E-state index in [0.717, 1.165) is 22.7 Å². The Morgan fingerprint density at radius 2 is 2.11 bits per heavy atom.